The van der Waals surface area contributed by atoms with Gasteiger partial charge in [0, 0.05) is 11.3 Å². The van der Waals surface area contributed by atoms with Crippen LogP contribution in [-0.4, -0.2) is 20.2 Å². The molecule has 0 unspecified atom stereocenters. The fourth-order valence-electron chi connectivity index (χ4n) is 2.05. The van der Waals surface area contributed by atoms with Gasteiger partial charge in [0.2, 0.25) is 0 Å². The molecule has 7 heteroatoms. The number of nitrogens with two attached hydrogens (primary N) is 1. The molecule has 0 radical (unpaired) electrons. The van der Waals surface area contributed by atoms with Gasteiger partial charge in [-0.25, -0.2) is 13.5 Å². The van der Waals surface area contributed by atoms with Crippen molar-refractivity contribution in [2.75, 3.05) is 5.73 Å². The van der Waals surface area contributed by atoms with Crippen molar-refractivity contribution in [2.45, 2.75) is 6.54 Å². The van der Waals surface area contributed by atoms with Crippen molar-refractivity contribution in [1.29, 1.82) is 0 Å². The van der Waals surface area contributed by atoms with E-state index in [1.807, 2.05) is 0 Å². The van der Waals surface area contributed by atoms with Crippen LogP contribution in [0.2, 0.25) is 0 Å². The molecule has 21 heavy (non-hydrogen) atoms. The van der Waals surface area contributed by atoms with Crippen LogP contribution in [0.15, 0.2) is 42.5 Å². The lowest BCUT2D eigenvalue weighted by atomic mass is 10.1. The minimum atomic E-state index is -0.430. The van der Waals surface area contributed by atoms with E-state index in [0.717, 1.165) is 0 Å². The van der Waals surface area contributed by atoms with Crippen molar-refractivity contribution >= 4 is 5.69 Å². The molecule has 106 valence electrons. The largest absolute Gasteiger partial charge is 0.398 e. The van der Waals surface area contributed by atoms with Crippen molar-refractivity contribution in [2.24, 2.45) is 0 Å². The van der Waals surface area contributed by atoms with E-state index in [4.69, 9.17) is 5.73 Å². The van der Waals surface area contributed by atoms with Crippen molar-refractivity contribution in [3.63, 3.8) is 0 Å². The van der Waals surface area contributed by atoms with Crippen LogP contribution in [-0.2, 0) is 6.54 Å². The Morgan fingerprint density at radius 2 is 1.86 bits per heavy atom. The predicted molar refractivity (Wildman–Crippen MR) is 73.1 cm³/mol. The third kappa shape index (κ3) is 2.71. The van der Waals surface area contributed by atoms with E-state index in [0.29, 0.717) is 17.0 Å². The summed E-state index contributed by atoms with van der Waals surface area (Å²) >= 11 is 0. The highest BCUT2D eigenvalue weighted by atomic mass is 19.1. The summed E-state index contributed by atoms with van der Waals surface area (Å²) in [4.78, 5) is 0. The van der Waals surface area contributed by atoms with E-state index in [-0.39, 0.29) is 18.0 Å². The maximum atomic E-state index is 13.2. The highest BCUT2D eigenvalue weighted by molar-refractivity contribution is 5.71. The molecule has 0 saturated heterocycles. The zero-order valence-electron chi connectivity index (χ0n) is 10.9. The Kier molecular flexibility index (Phi) is 3.31. The number of tetrazole rings is 1. The van der Waals surface area contributed by atoms with E-state index in [2.05, 4.69) is 15.5 Å². The minimum absolute atomic E-state index is 0.241. The van der Waals surface area contributed by atoms with Gasteiger partial charge in [-0.3, -0.25) is 0 Å². The lowest BCUT2D eigenvalue weighted by molar-refractivity contribution is 0.615. The van der Waals surface area contributed by atoms with Crippen LogP contribution in [0.4, 0.5) is 14.5 Å². The molecule has 0 bridgehead atoms. The molecule has 0 saturated carbocycles. The summed E-state index contributed by atoms with van der Waals surface area (Å²) in [5.74, 6) is -0.361. The molecule has 1 heterocycles. The average molecular weight is 287 g/mol. The first-order valence-electron chi connectivity index (χ1n) is 6.19. The molecule has 0 amide bonds. The Bertz CT molecular complexity index is 785. The summed E-state index contributed by atoms with van der Waals surface area (Å²) in [5.41, 5.74) is 7.27. The van der Waals surface area contributed by atoms with Crippen LogP contribution in [0.5, 0.6) is 0 Å². The zero-order valence-corrected chi connectivity index (χ0v) is 10.9. The molecule has 5 nitrogen and oxygen atoms in total. The second kappa shape index (κ2) is 5.28. The van der Waals surface area contributed by atoms with Crippen molar-refractivity contribution in [3.05, 3.63) is 59.7 Å². The van der Waals surface area contributed by atoms with Gasteiger partial charge in [-0.05, 0) is 46.3 Å². The first kappa shape index (κ1) is 13.2. The molecule has 3 rings (SSSR count). The summed E-state index contributed by atoms with van der Waals surface area (Å²) in [6, 6.07) is 10.1. The van der Waals surface area contributed by atoms with Gasteiger partial charge in [-0.15, -0.1) is 5.10 Å². The molecular weight excluding hydrogens is 276 g/mol. The van der Waals surface area contributed by atoms with Crippen LogP contribution >= 0.6 is 0 Å². The molecule has 2 N–H and O–H groups in total. The van der Waals surface area contributed by atoms with E-state index < -0.39 is 5.82 Å². The molecule has 0 aliphatic rings. The van der Waals surface area contributed by atoms with Gasteiger partial charge in [0.15, 0.2) is 5.82 Å². The normalized spacial score (nSPS) is 10.8. The Hall–Kier alpha value is -2.83. The molecule has 0 aliphatic carbocycles. The molecule has 0 spiro atoms. The lowest BCUT2D eigenvalue weighted by Crippen LogP contribution is -2.06. The van der Waals surface area contributed by atoms with E-state index in [1.54, 1.807) is 12.1 Å². The lowest BCUT2D eigenvalue weighted by Gasteiger charge is -2.07. The molecule has 1 aromatic heterocycles. The van der Waals surface area contributed by atoms with Crippen LogP contribution < -0.4 is 5.73 Å². The van der Waals surface area contributed by atoms with Gasteiger partial charge in [-0.1, -0.05) is 12.1 Å². The maximum Gasteiger partial charge on any atom is 0.184 e. The predicted octanol–water partition coefficient (Wildman–Crippen LogP) is 2.25. The summed E-state index contributed by atoms with van der Waals surface area (Å²) in [7, 11) is 0. The standard InChI is InChI=1S/C14H11F2N5/c15-10-3-1-2-9(6-10)8-21-14(18-19-20-21)12-5-4-11(16)7-13(12)17/h1-7H,8,17H2. The minimum Gasteiger partial charge on any atom is -0.398 e. The molecule has 2 aromatic carbocycles. The highest BCUT2D eigenvalue weighted by Gasteiger charge is 2.13. The number of anilines is 1. The quantitative estimate of drug-likeness (QED) is 0.750. The molecule has 0 aliphatic heterocycles. The number of halogens is 2. The average Bonchev–Trinajstić information content (AvgIpc) is 2.87. The van der Waals surface area contributed by atoms with Gasteiger partial charge >= 0.3 is 0 Å². The van der Waals surface area contributed by atoms with Crippen molar-refractivity contribution in [3.8, 4) is 11.4 Å². The molecule has 3 aromatic rings. The SMILES string of the molecule is Nc1cc(F)ccc1-c1nnnn1Cc1cccc(F)c1. The van der Waals surface area contributed by atoms with E-state index >= 15 is 0 Å². The Balaban J connectivity index is 1.97. The Morgan fingerprint density at radius 1 is 1.05 bits per heavy atom. The third-order valence-corrected chi connectivity index (χ3v) is 3.01. The Morgan fingerprint density at radius 3 is 2.62 bits per heavy atom. The number of nitrogens with zero attached hydrogens (tertiary/aromatic N) is 4. The van der Waals surface area contributed by atoms with Crippen LogP contribution in [0.3, 0.4) is 0 Å². The molecule has 0 fully saturated rings. The summed E-state index contributed by atoms with van der Waals surface area (Å²) in [5, 5.41) is 11.4. The van der Waals surface area contributed by atoms with Crippen LogP contribution in [0, 0.1) is 11.6 Å². The van der Waals surface area contributed by atoms with Gasteiger partial charge in [0.1, 0.15) is 11.6 Å². The summed E-state index contributed by atoms with van der Waals surface area (Å²) in [6.07, 6.45) is 0. The first-order chi connectivity index (χ1) is 10.1. The van der Waals surface area contributed by atoms with E-state index in [1.165, 1.54) is 35.0 Å². The van der Waals surface area contributed by atoms with Crippen LogP contribution in [0.1, 0.15) is 5.56 Å². The number of nitrogen functional groups attached to an aromatic ring is 1. The van der Waals surface area contributed by atoms with Crippen molar-refractivity contribution < 1.29 is 8.78 Å². The highest BCUT2D eigenvalue weighted by Crippen LogP contribution is 2.24. The van der Waals surface area contributed by atoms with Gasteiger partial charge in [0.05, 0.1) is 6.54 Å². The first-order valence-corrected chi connectivity index (χ1v) is 6.19. The maximum absolute atomic E-state index is 13.2. The number of rotatable bonds is 3. The number of hydrogen-bond acceptors (Lipinski definition) is 4. The van der Waals surface area contributed by atoms with Crippen LogP contribution in [0.25, 0.3) is 11.4 Å². The number of aromatic nitrogens is 4. The monoisotopic (exact) mass is 287 g/mol. The number of benzene rings is 2. The Labute approximate surface area is 119 Å². The summed E-state index contributed by atoms with van der Waals surface area (Å²) < 4.78 is 27.8. The fourth-order valence-corrected chi connectivity index (χ4v) is 2.05. The second-order valence-electron chi connectivity index (χ2n) is 4.52. The zero-order chi connectivity index (χ0) is 14.8. The van der Waals surface area contributed by atoms with Gasteiger partial charge in [-0.2, -0.15) is 0 Å². The van der Waals surface area contributed by atoms with E-state index in [9.17, 15) is 8.78 Å². The van der Waals surface area contributed by atoms with Gasteiger partial charge < -0.3 is 5.73 Å². The van der Waals surface area contributed by atoms with Crippen molar-refractivity contribution in [1.82, 2.24) is 20.2 Å². The third-order valence-electron chi connectivity index (χ3n) is 3.01. The number of hydrogen-bond donors (Lipinski definition) is 1. The fraction of sp³-hybridized carbons (Fsp3) is 0.0714. The molecular formula is C14H11F2N5. The van der Waals surface area contributed by atoms with Gasteiger partial charge in [0.25, 0.3) is 0 Å². The molecule has 0 atom stereocenters. The summed E-state index contributed by atoms with van der Waals surface area (Å²) in [6.45, 7) is 0.289. The topological polar surface area (TPSA) is 69.6 Å². The smallest absolute Gasteiger partial charge is 0.184 e. The second-order valence-corrected chi connectivity index (χ2v) is 4.52.